The van der Waals surface area contributed by atoms with E-state index in [-0.39, 0.29) is 47.3 Å². The van der Waals surface area contributed by atoms with Crippen molar-refractivity contribution in [2.75, 3.05) is 48.1 Å². The highest BCUT2D eigenvalue weighted by Gasteiger charge is 2.54. The van der Waals surface area contributed by atoms with E-state index in [0.717, 1.165) is 29.6 Å². The number of esters is 3. The zero-order chi connectivity index (χ0) is 38.8. The average molecular weight is 757 g/mol. The molecular formula is C41H44N2O12. The number of piperidine rings is 1. The van der Waals surface area contributed by atoms with Gasteiger partial charge in [-0.1, -0.05) is 18.2 Å². The van der Waals surface area contributed by atoms with E-state index in [2.05, 4.69) is 9.88 Å². The number of hydrogen-bond acceptors (Lipinski definition) is 13. The summed E-state index contributed by atoms with van der Waals surface area (Å²) in [6.07, 6.45) is -0.602. The molecule has 7 rings (SSSR count). The lowest BCUT2D eigenvalue weighted by molar-refractivity contribution is -0.176. The van der Waals surface area contributed by atoms with Crippen LogP contribution in [0.4, 0.5) is 4.79 Å². The summed E-state index contributed by atoms with van der Waals surface area (Å²) in [6, 6.07) is 17.3. The van der Waals surface area contributed by atoms with Crippen LogP contribution < -0.4 is 18.9 Å². The molecule has 290 valence electrons. The van der Waals surface area contributed by atoms with Crippen LogP contribution >= 0.6 is 0 Å². The number of nitrogens with zero attached hydrogens (tertiary/aromatic N) is 1. The fraction of sp³-hybridized carbons (Fsp3) is 0.415. The monoisotopic (exact) mass is 756 g/mol. The molecule has 0 bridgehead atoms. The maximum atomic E-state index is 13.8. The van der Waals surface area contributed by atoms with Crippen molar-refractivity contribution < 1.29 is 57.1 Å². The van der Waals surface area contributed by atoms with Gasteiger partial charge in [-0.15, -0.1) is 0 Å². The van der Waals surface area contributed by atoms with Gasteiger partial charge in [-0.3, -0.25) is 9.69 Å². The summed E-state index contributed by atoms with van der Waals surface area (Å²) in [7, 11) is 5.58. The molecule has 1 aliphatic carbocycles. The Hall–Kier alpha value is -5.60. The first-order valence-corrected chi connectivity index (χ1v) is 18.3. The molecule has 1 N–H and O–H groups in total. The number of nitrogens with one attached hydrogen (secondary N) is 1. The Labute approximate surface area is 317 Å². The molecule has 0 unspecified atom stereocenters. The van der Waals surface area contributed by atoms with Gasteiger partial charge in [0.25, 0.3) is 0 Å². The van der Waals surface area contributed by atoms with Crippen molar-refractivity contribution in [2.24, 2.45) is 17.8 Å². The van der Waals surface area contributed by atoms with Crippen LogP contribution in [-0.2, 0) is 30.2 Å². The van der Waals surface area contributed by atoms with E-state index in [9.17, 15) is 19.2 Å². The summed E-state index contributed by atoms with van der Waals surface area (Å²) in [5.74, 6) is -1.90. The number of methoxy groups -OCH3 is 4. The van der Waals surface area contributed by atoms with Crippen LogP contribution in [0.1, 0.15) is 57.8 Å². The maximum Gasteiger partial charge on any atom is 0.514 e. The highest BCUT2D eigenvalue weighted by Crippen LogP contribution is 2.51. The average Bonchev–Trinajstić information content (AvgIpc) is 3.58. The summed E-state index contributed by atoms with van der Waals surface area (Å²) >= 11 is 0. The number of fused-ring (bicyclic) bond motifs is 6. The normalized spacial score (nSPS) is 23.0. The molecule has 3 aliphatic rings. The summed E-state index contributed by atoms with van der Waals surface area (Å²) < 4.78 is 44.2. The molecule has 2 aliphatic heterocycles. The van der Waals surface area contributed by atoms with Gasteiger partial charge in [0.15, 0.2) is 11.5 Å². The van der Waals surface area contributed by atoms with Crippen molar-refractivity contribution in [3.05, 3.63) is 83.0 Å². The number of carbonyl (C=O) groups excluding carboxylic acids is 4. The Bertz CT molecular complexity index is 2050. The van der Waals surface area contributed by atoms with E-state index in [1.165, 1.54) is 46.1 Å². The zero-order valence-electron chi connectivity index (χ0n) is 31.3. The molecule has 1 aromatic heterocycles. The summed E-state index contributed by atoms with van der Waals surface area (Å²) in [5, 5.41) is 1.07. The van der Waals surface area contributed by atoms with Crippen molar-refractivity contribution in [1.82, 2.24) is 9.88 Å². The predicted molar refractivity (Wildman–Crippen MR) is 197 cm³/mol. The first-order chi connectivity index (χ1) is 26.7. The van der Waals surface area contributed by atoms with E-state index in [4.69, 9.17) is 37.9 Å². The molecule has 0 spiro atoms. The van der Waals surface area contributed by atoms with Crippen molar-refractivity contribution in [3.63, 3.8) is 0 Å². The fourth-order valence-corrected chi connectivity index (χ4v) is 8.57. The number of carbonyl (C=O) groups is 4. The Morgan fingerprint density at radius 2 is 1.60 bits per heavy atom. The minimum Gasteiger partial charge on any atom is -0.493 e. The minimum atomic E-state index is -0.955. The van der Waals surface area contributed by atoms with Crippen LogP contribution in [0, 0.1) is 17.8 Å². The Kier molecular flexibility index (Phi) is 11.0. The van der Waals surface area contributed by atoms with E-state index in [0.29, 0.717) is 30.7 Å². The third-order valence-corrected chi connectivity index (χ3v) is 11.0. The molecule has 1 saturated heterocycles. The zero-order valence-corrected chi connectivity index (χ0v) is 31.3. The predicted octanol–water partition coefficient (Wildman–Crippen LogP) is 5.91. The molecule has 6 atom stereocenters. The number of rotatable bonds is 10. The largest absolute Gasteiger partial charge is 0.514 e. The Morgan fingerprint density at radius 1 is 0.855 bits per heavy atom. The molecule has 1 saturated carbocycles. The molecule has 14 heteroatoms. The van der Waals surface area contributed by atoms with Crippen LogP contribution in [0.25, 0.3) is 10.9 Å². The standard InChI is InChI=1S/C41H44N2O12/c1-6-52-41(47)55-36-31(48-2)16-23(17-32(36)49-3)39(45)54-33-18-24-21-43-15-14-27-26-13-12-25(53-38(44)22-10-8-7-9-11-22)19-29(26)42-35(27)30(43)20-28(24)34(37(33)50-4)40(46)51-5/h7-13,16-17,19,24,28,30,33-34,37,42H,6,14-15,18,20-21H2,1-5H3/t24-,28+,30-,33-,34+,37+/m1/s1. The van der Waals surface area contributed by atoms with Crippen molar-refractivity contribution >= 4 is 35.0 Å². The summed E-state index contributed by atoms with van der Waals surface area (Å²) in [6.45, 7) is 3.22. The van der Waals surface area contributed by atoms with Crippen LogP contribution in [0.2, 0.25) is 0 Å². The number of ether oxygens (including phenoxy) is 8. The molecule has 55 heavy (non-hydrogen) atoms. The third kappa shape index (κ3) is 7.31. The molecule has 3 heterocycles. The van der Waals surface area contributed by atoms with Crippen molar-refractivity contribution in [3.8, 4) is 23.0 Å². The fourth-order valence-electron chi connectivity index (χ4n) is 8.57. The number of aromatic amines is 1. The van der Waals surface area contributed by atoms with E-state index < -0.39 is 42.2 Å². The quantitative estimate of drug-likeness (QED) is 0.0881. The highest BCUT2D eigenvalue weighted by atomic mass is 16.7. The second kappa shape index (κ2) is 16.0. The van der Waals surface area contributed by atoms with E-state index in [1.54, 1.807) is 31.2 Å². The van der Waals surface area contributed by atoms with Gasteiger partial charge in [0.1, 0.15) is 18.0 Å². The smallest absolute Gasteiger partial charge is 0.493 e. The molecule has 2 fully saturated rings. The van der Waals surface area contributed by atoms with Crippen molar-refractivity contribution in [1.29, 1.82) is 0 Å². The molecule has 0 amide bonds. The lowest BCUT2D eigenvalue weighted by Crippen LogP contribution is -2.58. The van der Waals surface area contributed by atoms with Crippen LogP contribution in [0.3, 0.4) is 0 Å². The lowest BCUT2D eigenvalue weighted by atomic mass is 9.63. The van der Waals surface area contributed by atoms with Gasteiger partial charge < -0.3 is 42.9 Å². The van der Waals surface area contributed by atoms with Gasteiger partial charge in [0.2, 0.25) is 5.75 Å². The Balaban J connectivity index is 1.12. The maximum absolute atomic E-state index is 13.8. The van der Waals surface area contributed by atoms with E-state index in [1.807, 2.05) is 24.3 Å². The van der Waals surface area contributed by atoms with Gasteiger partial charge in [0.05, 0.1) is 51.0 Å². The van der Waals surface area contributed by atoms with E-state index >= 15 is 0 Å². The third-order valence-electron chi connectivity index (χ3n) is 11.0. The SMILES string of the molecule is CCOC(=O)Oc1c(OC)cc(C(=O)O[C@@H]2C[C@@H]3CN4CCc5c([nH]c6cc(OC(=O)c7ccccc7)ccc56)[C@H]4C[C@@H]3[C@H](C(=O)OC)[C@H]2OC)cc1OC. The molecule has 14 nitrogen and oxygen atoms in total. The minimum absolute atomic E-state index is 0.00764. The molecule has 3 aromatic carbocycles. The van der Waals surface area contributed by atoms with Crippen LogP contribution in [0.5, 0.6) is 23.0 Å². The second-order valence-corrected chi connectivity index (χ2v) is 13.8. The number of H-pyrrole nitrogens is 1. The van der Waals surface area contributed by atoms with Crippen LogP contribution in [-0.4, -0.2) is 94.3 Å². The van der Waals surface area contributed by atoms with Gasteiger partial charge in [-0.2, -0.15) is 0 Å². The second-order valence-electron chi connectivity index (χ2n) is 13.8. The lowest BCUT2D eigenvalue weighted by Gasteiger charge is -2.52. The number of benzene rings is 3. The first kappa shape index (κ1) is 37.7. The van der Waals surface area contributed by atoms with Crippen LogP contribution in [0.15, 0.2) is 60.7 Å². The summed E-state index contributed by atoms with van der Waals surface area (Å²) in [5.41, 5.74) is 3.71. The topological polar surface area (TPSA) is 161 Å². The summed E-state index contributed by atoms with van der Waals surface area (Å²) in [4.78, 5) is 58.3. The molecule has 4 aromatic rings. The Morgan fingerprint density at radius 3 is 2.27 bits per heavy atom. The van der Waals surface area contributed by atoms with Gasteiger partial charge in [-0.25, -0.2) is 14.4 Å². The van der Waals surface area contributed by atoms with Gasteiger partial charge >= 0.3 is 24.1 Å². The van der Waals surface area contributed by atoms with Crippen molar-refractivity contribution in [2.45, 2.75) is 44.4 Å². The number of aromatic nitrogens is 1. The van der Waals surface area contributed by atoms with Gasteiger partial charge in [-0.05, 0) is 80.0 Å². The van der Waals surface area contributed by atoms with Gasteiger partial charge in [0, 0.05) is 42.9 Å². The molecule has 0 radical (unpaired) electrons. The molecular weight excluding hydrogens is 712 g/mol. The highest BCUT2D eigenvalue weighted by molar-refractivity contribution is 5.93. The first-order valence-electron chi connectivity index (χ1n) is 18.3. The number of hydrogen-bond donors (Lipinski definition) is 1.